The number of carbonyl (C=O) groups excluding carboxylic acids is 2. The lowest BCUT2D eigenvalue weighted by Gasteiger charge is -2.29. The number of hydrogen-bond donors (Lipinski definition) is 2. The summed E-state index contributed by atoms with van der Waals surface area (Å²) < 4.78 is 22.2. The monoisotopic (exact) mass is 372 g/mol. The Hall–Kier alpha value is -1.11. The van der Waals surface area contributed by atoms with E-state index in [0.29, 0.717) is 12.3 Å². The number of carbonyl (C=O) groups is 2. The van der Waals surface area contributed by atoms with Crippen LogP contribution in [0.2, 0.25) is 0 Å². The number of amides is 2. The third-order valence-electron chi connectivity index (χ3n) is 5.43. The summed E-state index contributed by atoms with van der Waals surface area (Å²) in [4.78, 5) is 24.3. The van der Waals surface area contributed by atoms with E-state index in [1.54, 1.807) is 0 Å². The third-order valence-corrected chi connectivity index (χ3v) is 6.38. The van der Waals surface area contributed by atoms with Crippen LogP contribution < -0.4 is 10.6 Å². The number of sulfone groups is 1. The van der Waals surface area contributed by atoms with Gasteiger partial charge < -0.3 is 10.6 Å². The number of nitrogens with one attached hydrogen (secondary N) is 2. The summed E-state index contributed by atoms with van der Waals surface area (Å²) >= 11 is 0. The highest BCUT2D eigenvalue weighted by atomic mass is 32.2. The van der Waals surface area contributed by atoms with Crippen LogP contribution in [0.1, 0.15) is 64.2 Å². The van der Waals surface area contributed by atoms with Gasteiger partial charge in [0.15, 0.2) is 0 Å². The lowest BCUT2D eigenvalue weighted by atomic mass is 9.84. The third kappa shape index (κ3) is 7.75. The Balaban J connectivity index is 1.63. The Labute approximate surface area is 151 Å². The predicted octanol–water partition coefficient (Wildman–Crippen LogP) is 1.79. The molecule has 0 aromatic carbocycles. The first kappa shape index (κ1) is 20.2. The second-order valence-corrected chi connectivity index (χ2v) is 10.0. The van der Waals surface area contributed by atoms with Crippen molar-refractivity contribution in [2.24, 2.45) is 11.8 Å². The van der Waals surface area contributed by atoms with E-state index in [1.165, 1.54) is 38.4 Å². The molecule has 0 bridgehead atoms. The molecule has 2 aliphatic rings. The molecule has 25 heavy (non-hydrogen) atoms. The minimum absolute atomic E-state index is 0.0225. The standard InChI is InChI=1S/C18H32N2O4S/c1-25(23,24)12-11-19-18(22)15-7-9-16(10-8-15)20-17(21)13-14-5-3-2-4-6-14/h14-16H,2-13H2,1H3,(H,19,22)(H,20,21). The van der Waals surface area contributed by atoms with Crippen molar-refractivity contribution in [1.82, 2.24) is 10.6 Å². The zero-order chi connectivity index (χ0) is 18.3. The van der Waals surface area contributed by atoms with Crippen molar-refractivity contribution in [3.8, 4) is 0 Å². The van der Waals surface area contributed by atoms with Gasteiger partial charge in [-0.05, 0) is 44.4 Å². The van der Waals surface area contributed by atoms with Crippen molar-refractivity contribution in [1.29, 1.82) is 0 Å². The lowest BCUT2D eigenvalue weighted by Crippen LogP contribution is -2.42. The molecule has 6 nitrogen and oxygen atoms in total. The summed E-state index contributed by atoms with van der Waals surface area (Å²) in [5, 5.41) is 5.85. The van der Waals surface area contributed by atoms with Gasteiger partial charge in [0, 0.05) is 31.2 Å². The minimum atomic E-state index is -3.05. The quantitative estimate of drug-likeness (QED) is 0.713. The van der Waals surface area contributed by atoms with Crippen molar-refractivity contribution in [2.45, 2.75) is 70.3 Å². The molecule has 2 fully saturated rings. The van der Waals surface area contributed by atoms with Gasteiger partial charge in [0.1, 0.15) is 9.84 Å². The Bertz CT molecular complexity index is 547. The van der Waals surface area contributed by atoms with E-state index in [-0.39, 0.29) is 36.1 Å². The molecule has 0 unspecified atom stereocenters. The molecule has 2 amide bonds. The maximum absolute atomic E-state index is 12.2. The van der Waals surface area contributed by atoms with Crippen molar-refractivity contribution in [3.63, 3.8) is 0 Å². The molecule has 2 aliphatic carbocycles. The predicted molar refractivity (Wildman–Crippen MR) is 97.8 cm³/mol. The van der Waals surface area contributed by atoms with Crippen molar-refractivity contribution in [2.75, 3.05) is 18.6 Å². The molecular weight excluding hydrogens is 340 g/mol. The maximum Gasteiger partial charge on any atom is 0.223 e. The van der Waals surface area contributed by atoms with Gasteiger partial charge in [-0.1, -0.05) is 19.3 Å². The summed E-state index contributed by atoms with van der Waals surface area (Å²) in [6.45, 7) is 0.176. The second-order valence-electron chi connectivity index (χ2n) is 7.75. The molecule has 0 heterocycles. The van der Waals surface area contributed by atoms with Gasteiger partial charge in [-0.2, -0.15) is 0 Å². The molecule has 2 saturated carbocycles. The van der Waals surface area contributed by atoms with Crippen LogP contribution >= 0.6 is 0 Å². The molecular formula is C18H32N2O4S. The molecule has 0 aromatic rings. The number of hydrogen-bond acceptors (Lipinski definition) is 4. The van der Waals surface area contributed by atoms with Crippen LogP contribution in [0.4, 0.5) is 0 Å². The molecule has 0 saturated heterocycles. The molecule has 0 aromatic heterocycles. The van der Waals surface area contributed by atoms with Crippen LogP contribution in [0.3, 0.4) is 0 Å². The van der Waals surface area contributed by atoms with Crippen molar-refractivity contribution >= 4 is 21.7 Å². The Morgan fingerprint density at radius 3 is 2.20 bits per heavy atom. The van der Waals surface area contributed by atoms with E-state index in [4.69, 9.17) is 0 Å². The first-order valence-corrected chi connectivity index (χ1v) is 11.6. The molecule has 0 radical (unpaired) electrons. The van der Waals surface area contributed by atoms with E-state index >= 15 is 0 Å². The molecule has 0 spiro atoms. The van der Waals surface area contributed by atoms with Gasteiger partial charge in [-0.25, -0.2) is 8.42 Å². The molecule has 0 aliphatic heterocycles. The average Bonchev–Trinajstić information content (AvgIpc) is 2.55. The van der Waals surface area contributed by atoms with Crippen LogP contribution in [0.5, 0.6) is 0 Å². The van der Waals surface area contributed by atoms with E-state index in [1.807, 2.05) is 0 Å². The first-order chi connectivity index (χ1) is 11.8. The van der Waals surface area contributed by atoms with E-state index in [9.17, 15) is 18.0 Å². The summed E-state index contributed by atoms with van der Waals surface area (Å²) in [5.74, 6) is 0.561. The molecule has 2 rings (SSSR count). The normalized spacial score (nSPS) is 25.3. The molecule has 0 atom stereocenters. The van der Waals surface area contributed by atoms with Crippen LogP contribution in [0, 0.1) is 11.8 Å². The smallest absolute Gasteiger partial charge is 0.223 e. The fraction of sp³-hybridized carbons (Fsp3) is 0.889. The average molecular weight is 373 g/mol. The minimum Gasteiger partial charge on any atom is -0.355 e. The van der Waals surface area contributed by atoms with Crippen LogP contribution in [-0.4, -0.2) is 44.8 Å². The van der Waals surface area contributed by atoms with Crippen LogP contribution in [-0.2, 0) is 19.4 Å². The van der Waals surface area contributed by atoms with Gasteiger partial charge >= 0.3 is 0 Å². The van der Waals surface area contributed by atoms with Crippen LogP contribution in [0.15, 0.2) is 0 Å². The fourth-order valence-corrected chi connectivity index (χ4v) is 4.42. The highest BCUT2D eigenvalue weighted by molar-refractivity contribution is 7.90. The SMILES string of the molecule is CS(=O)(=O)CCNC(=O)C1CCC(NC(=O)CC2CCCCC2)CC1. The van der Waals surface area contributed by atoms with Gasteiger partial charge in [-0.15, -0.1) is 0 Å². The summed E-state index contributed by atoms with van der Waals surface area (Å²) in [5.41, 5.74) is 0. The van der Waals surface area contributed by atoms with Gasteiger partial charge in [0.2, 0.25) is 11.8 Å². The van der Waals surface area contributed by atoms with E-state index in [2.05, 4.69) is 10.6 Å². The van der Waals surface area contributed by atoms with Crippen molar-refractivity contribution < 1.29 is 18.0 Å². The second kappa shape index (κ2) is 9.55. The highest BCUT2D eigenvalue weighted by Crippen LogP contribution is 2.27. The van der Waals surface area contributed by atoms with Gasteiger partial charge in [-0.3, -0.25) is 9.59 Å². The van der Waals surface area contributed by atoms with Gasteiger partial charge in [0.25, 0.3) is 0 Å². The molecule has 7 heteroatoms. The van der Waals surface area contributed by atoms with E-state index < -0.39 is 9.84 Å². The molecule has 2 N–H and O–H groups in total. The zero-order valence-corrected chi connectivity index (χ0v) is 16.1. The topological polar surface area (TPSA) is 92.3 Å². The highest BCUT2D eigenvalue weighted by Gasteiger charge is 2.27. The Morgan fingerprint density at radius 1 is 0.960 bits per heavy atom. The number of rotatable bonds is 7. The zero-order valence-electron chi connectivity index (χ0n) is 15.3. The van der Waals surface area contributed by atoms with Crippen molar-refractivity contribution in [3.05, 3.63) is 0 Å². The maximum atomic E-state index is 12.2. The fourth-order valence-electron chi connectivity index (χ4n) is 3.94. The summed E-state index contributed by atoms with van der Waals surface area (Å²) in [6, 6.07) is 0.177. The van der Waals surface area contributed by atoms with Crippen LogP contribution in [0.25, 0.3) is 0 Å². The first-order valence-electron chi connectivity index (χ1n) is 9.58. The largest absolute Gasteiger partial charge is 0.355 e. The van der Waals surface area contributed by atoms with E-state index in [0.717, 1.165) is 25.7 Å². The Kier molecular flexibility index (Phi) is 7.72. The summed E-state index contributed by atoms with van der Waals surface area (Å²) in [7, 11) is -3.05. The van der Waals surface area contributed by atoms with Gasteiger partial charge in [0.05, 0.1) is 5.75 Å². The lowest BCUT2D eigenvalue weighted by molar-refractivity contribution is -0.126. The molecule has 144 valence electrons. The Morgan fingerprint density at radius 2 is 1.60 bits per heavy atom. The summed E-state index contributed by atoms with van der Waals surface area (Å²) in [6.07, 6.45) is 11.1.